The summed E-state index contributed by atoms with van der Waals surface area (Å²) in [6, 6.07) is 17.3. The number of fused-ring (bicyclic) bond motifs is 2. The highest BCUT2D eigenvalue weighted by Gasteiger charge is 2.19. The summed E-state index contributed by atoms with van der Waals surface area (Å²) in [5.74, 6) is 2.19. The maximum absolute atomic E-state index is 12.3. The van der Waals surface area contributed by atoms with Gasteiger partial charge in [-0.1, -0.05) is 18.2 Å². The lowest BCUT2D eigenvalue weighted by molar-refractivity contribution is 0.107. The Morgan fingerprint density at radius 3 is 2.60 bits per heavy atom. The molecule has 0 radical (unpaired) electrons. The van der Waals surface area contributed by atoms with Crippen molar-refractivity contribution in [2.75, 3.05) is 32.8 Å². The first kappa shape index (κ1) is 26.8. The zero-order valence-electron chi connectivity index (χ0n) is 23.3. The number of nitrogens with one attached hydrogen (secondary N) is 1. The molecule has 0 aliphatic rings. The number of carbonyl (C=O) groups is 1. The summed E-state index contributed by atoms with van der Waals surface area (Å²) in [5.41, 5.74) is 4.61. The van der Waals surface area contributed by atoms with Gasteiger partial charge in [0, 0.05) is 30.6 Å². The predicted molar refractivity (Wildman–Crippen MR) is 157 cm³/mol. The fraction of sp³-hybridized carbons (Fsp3) is 0.200. The minimum atomic E-state index is -0.616. The van der Waals surface area contributed by atoms with Crippen molar-refractivity contribution in [2.45, 2.75) is 13.5 Å². The molecule has 1 aromatic carbocycles. The average Bonchev–Trinajstić information content (AvgIpc) is 3.62. The molecule has 5 aromatic heterocycles. The lowest BCUT2D eigenvalue weighted by Crippen LogP contribution is -2.17. The minimum Gasteiger partial charge on any atom is -0.497 e. The minimum absolute atomic E-state index is 0.132. The van der Waals surface area contributed by atoms with E-state index in [-0.39, 0.29) is 6.61 Å². The monoisotopic (exact) mass is 564 g/mol. The number of methoxy groups -OCH3 is 2. The average molecular weight is 565 g/mol. The second kappa shape index (κ2) is 11.6. The van der Waals surface area contributed by atoms with Gasteiger partial charge < -0.3 is 18.8 Å². The Morgan fingerprint density at radius 1 is 0.952 bits per heavy atom. The number of anilines is 1. The van der Waals surface area contributed by atoms with E-state index in [9.17, 15) is 4.79 Å². The van der Waals surface area contributed by atoms with E-state index in [0.29, 0.717) is 52.9 Å². The molecule has 0 bridgehead atoms. The number of aromatic nitrogens is 7. The van der Waals surface area contributed by atoms with Gasteiger partial charge in [0.15, 0.2) is 22.8 Å². The highest BCUT2D eigenvalue weighted by molar-refractivity contribution is 5.98. The fourth-order valence-electron chi connectivity index (χ4n) is 4.62. The number of pyridine rings is 2. The molecular formula is C30H28N8O4. The van der Waals surface area contributed by atoms with Crippen molar-refractivity contribution in [3.63, 3.8) is 0 Å². The van der Waals surface area contributed by atoms with Crippen LogP contribution >= 0.6 is 0 Å². The van der Waals surface area contributed by atoms with E-state index in [1.165, 1.54) is 0 Å². The Hall–Kier alpha value is -5.36. The Labute approximate surface area is 241 Å². The van der Waals surface area contributed by atoms with E-state index in [1.807, 2.05) is 76.9 Å². The van der Waals surface area contributed by atoms with E-state index in [1.54, 1.807) is 26.7 Å². The molecule has 0 saturated carbocycles. The number of hydrogen-bond donors (Lipinski definition) is 1. The number of ether oxygens (including phenoxy) is 3. The Bertz CT molecular complexity index is 1880. The standard InChI is InChI=1S/C30H28N8O4/c1-19-5-4-6-23(33-19)27-34-28-25(32-18-37(28)17-20-7-9-21(41-3)10-8-20)29(35-27)38-14-12-22-24(38)11-13-31-26(22)36-30(39)42-16-15-40-2/h4-14,18H,15-17H2,1-3H3,(H,31,36,39). The zero-order chi connectivity index (χ0) is 29.1. The van der Waals surface area contributed by atoms with Crippen molar-refractivity contribution < 1.29 is 19.0 Å². The first-order chi connectivity index (χ1) is 20.5. The van der Waals surface area contributed by atoms with Gasteiger partial charge in [0.05, 0.1) is 32.1 Å². The van der Waals surface area contributed by atoms with Crippen LogP contribution in [0, 0.1) is 6.92 Å². The molecule has 0 atom stereocenters. The summed E-state index contributed by atoms with van der Waals surface area (Å²) in [7, 11) is 3.19. The first-order valence-corrected chi connectivity index (χ1v) is 13.2. The number of nitrogens with zero attached hydrogens (tertiary/aromatic N) is 7. The largest absolute Gasteiger partial charge is 0.497 e. The number of rotatable bonds is 9. The number of aryl methyl sites for hydroxylation is 1. The van der Waals surface area contributed by atoms with Gasteiger partial charge in [-0.25, -0.2) is 29.7 Å². The van der Waals surface area contributed by atoms with Crippen LogP contribution in [-0.4, -0.2) is 67.6 Å². The third-order valence-corrected chi connectivity index (χ3v) is 6.66. The molecule has 6 aromatic rings. The maximum Gasteiger partial charge on any atom is 0.412 e. The summed E-state index contributed by atoms with van der Waals surface area (Å²) >= 11 is 0. The van der Waals surface area contributed by atoms with E-state index < -0.39 is 6.09 Å². The molecule has 6 rings (SSSR count). The molecule has 12 nitrogen and oxygen atoms in total. The number of imidazole rings is 1. The van der Waals surface area contributed by atoms with Crippen LogP contribution in [0.4, 0.5) is 10.6 Å². The molecule has 1 N–H and O–H groups in total. The zero-order valence-corrected chi connectivity index (χ0v) is 23.3. The Morgan fingerprint density at radius 2 is 1.81 bits per heavy atom. The van der Waals surface area contributed by atoms with Crippen molar-refractivity contribution in [3.8, 4) is 23.1 Å². The van der Waals surface area contributed by atoms with Crippen molar-refractivity contribution in [2.24, 2.45) is 0 Å². The van der Waals surface area contributed by atoms with E-state index in [0.717, 1.165) is 22.5 Å². The molecule has 42 heavy (non-hydrogen) atoms. The van der Waals surface area contributed by atoms with Gasteiger partial charge in [0.2, 0.25) is 0 Å². The van der Waals surface area contributed by atoms with Crippen LogP contribution in [-0.2, 0) is 16.0 Å². The van der Waals surface area contributed by atoms with Crippen molar-refractivity contribution >= 4 is 34.0 Å². The lowest BCUT2D eigenvalue weighted by atomic mass is 10.2. The second-order valence-corrected chi connectivity index (χ2v) is 9.46. The SMILES string of the molecule is COCCOC(=O)Nc1nccc2c1ccn2-c1nc(-c2cccc(C)n2)nc2c1ncn2Cc1ccc(OC)cc1. The van der Waals surface area contributed by atoms with Crippen LogP contribution in [0.1, 0.15) is 11.3 Å². The third kappa shape index (κ3) is 5.34. The van der Waals surface area contributed by atoms with Crippen molar-refractivity contribution in [1.29, 1.82) is 0 Å². The predicted octanol–water partition coefficient (Wildman–Crippen LogP) is 4.79. The maximum atomic E-state index is 12.3. The fourth-order valence-corrected chi connectivity index (χ4v) is 4.62. The van der Waals surface area contributed by atoms with Gasteiger partial charge in [-0.2, -0.15) is 0 Å². The summed E-state index contributed by atoms with van der Waals surface area (Å²) in [6.45, 7) is 2.91. The van der Waals surface area contributed by atoms with E-state index in [4.69, 9.17) is 29.2 Å². The molecule has 212 valence electrons. The van der Waals surface area contributed by atoms with Gasteiger partial charge >= 0.3 is 6.09 Å². The number of amides is 1. The van der Waals surface area contributed by atoms with Gasteiger partial charge in [-0.15, -0.1) is 0 Å². The topological polar surface area (TPSA) is 131 Å². The Kier molecular flexibility index (Phi) is 7.43. The van der Waals surface area contributed by atoms with Gasteiger partial charge in [-0.3, -0.25) is 9.88 Å². The van der Waals surface area contributed by atoms with Gasteiger partial charge in [-0.05, 0) is 48.9 Å². The molecule has 1 amide bonds. The molecular weight excluding hydrogens is 536 g/mol. The number of carbonyl (C=O) groups excluding carboxylic acids is 1. The summed E-state index contributed by atoms with van der Waals surface area (Å²) < 4.78 is 19.3. The van der Waals surface area contributed by atoms with Crippen LogP contribution in [0.15, 0.2) is 73.3 Å². The highest BCUT2D eigenvalue weighted by Crippen LogP contribution is 2.29. The molecule has 0 aliphatic heterocycles. The first-order valence-electron chi connectivity index (χ1n) is 13.2. The third-order valence-electron chi connectivity index (χ3n) is 6.66. The highest BCUT2D eigenvalue weighted by atomic mass is 16.6. The molecule has 12 heteroatoms. The van der Waals surface area contributed by atoms with Gasteiger partial charge in [0.25, 0.3) is 0 Å². The van der Waals surface area contributed by atoms with Crippen LogP contribution in [0.25, 0.3) is 39.4 Å². The second-order valence-electron chi connectivity index (χ2n) is 9.46. The van der Waals surface area contributed by atoms with Gasteiger partial charge in [0.1, 0.15) is 23.9 Å². The van der Waals surface area contributed by atoms with Crippen LogP contribution < -0.4 is 10.1 Å². The van der Waals surface area contributed by atoms with Crippen LogP contribution in [0.3, 0.4) is 0 Å². The smallest absolute Gasteiger partial charge is 0.412 e. The summed E-state index contributed by atoms with van der Waals surface area (Å²) in [5, 5.41) is 3.43. The van der Waals surface area contributed by atoms with Crippen molar-refractivity contribution in [3.05, 3.63) is 84.6 Å². The van der Waals surface area contributed by atoms with Crippen molar-refractivity contribution in [1.82, 2.24) is 34.1 Å². The molecule has 0 spiro atoms. The molecule has 0 unspecified atom stereocenters. The molecule has 0 aliphatic carbocycles. The molecule has 0 fully saturated rings. The molecule has 5 heterocycles. The quantitative estimate of drug-likeness (QED) is 0.246. The lowest BCUT2D eigenvalue weighted by Gasteiger charge is -2.11. The summed E-state index contributed by atoms with van der Waals surface area (Å²) in [6.07, 6.45) is 4.63. The number of hydrogen-bond acceptors (Lipinski definition) is 9. The number of benzene rings is 1. The normalized spacial score (nSPS) is 11.2. The van der Waals surface area contributed by atoms with Crippen LogP contribution in [0.5, 0.6) is 5.75 Å². The summed E-state index contributed by atoms with van der Waals surface area (Å²) in [4.78, 5) is 35.9. The van der Waals surface area contributed by atoms with E-state index in [2.05, 4.69) is 15.3 Å². The van der Waals surface area contributed by atoms with Crippen LogP contribution in [0.2, 0.25) is 0 Å². The molecule has 0 saturated heterocycles. The van der Waals surface area contributed by atoms with E-state index >= 15 is 0 Å². The Balaban J connectivity index is 1.45.